The highest BCUT2D eigenvalue weighted by Gasteiger charge is 2.07. The Morgan fingerprint density at radius 1 is 1.29 bits per heavy atom. The molecular formula is C11H9FOS. The van der Waals surface area contributed by atoms with E-state index in [-0.39, 0.29) is 5.82 Å². The van der Waals surface area contributed by atoms with E-state index in [1.54, 1.807) is 24.5 Å². The number of ether oxygens (including phenoxy) is 1. The fourth-order valence-corrected chi connectivity index (χ4v) is 2.05. The summed E-state index contributed by atoms with van der Waals surface area (Å²) < 4.78 is 18.2. The average Bonchev–Trinajstić information content (AvgIpc) is 2.70. The van der Waals surface area contributed by atoms with Crippen LogP contribution in [0.4, 0.5) is 4.39 Å². The first-order valence-corrected chi connectivity index (χ1v) is 5.06. The molecule has 1 aromatic carbocycles. The van der Waals surface area contributed by atoms with Crippen LogP contribution in [0.15, 0.2) is 35.7 Å². The smallest absolute Gasteiger partial charge is 0.127 e. The zero-order valence-corrected chi connectivity index (χ0v) is 8.48. The molecule has 0 aliphatic heterocycles. The van der Waals surface area contributed by atoms with E-state index in [1.807, 2.05) is 17.5 Å². The lowest BCUT2D eigenvalue weighted by atomic mass is 10.1. The van der Waals surface area contributed by atoms with Gasteiger partial charge in [0.15, 0.2) is 0 Å². The van der Waals surface area contributed by atoms with Gasteiger partial charge in [-0.25, -0.2) is 4.39 Å². The molecule has 1 heterocycles. The summed E-state index contributed by atoms with van der Waals surface area (Å²) in [6, 6.07) is 8.41. The van der Waals surface area contributed by atoms with Crippen molar-refractivity contribution >= 4 is 11.3 Å². The van der Waals surface area contributed by atoms with Crippen LogP contribution in [0, 0.1) is 5.82 Å². The highest BCUT2D eigenvalue weighted by atomic mass is 32.1. The third-order valence-electron chi connectivity index (χ3n) is 1.95. The van der Waals surface area contributed by atoms with Crippen LogP contribution in [0.25, 0.3) is 10.4 Å². The summed E-state index contributed by atoms with van der Waals surface area (Å²) in [5, 5.41) is 1.96. The average molecular weight is 208 g/mol. The van der Waals surface area contributed by atoms with Crippen molar-refractivity contribution < 1.29 is 9.13 Å². The molecule has 2 aromatic rings. The van der Waals surface area contributed by atoms with E-state index >= 15 is 0 Å². The van der Waals surface area contributed by atoms with Gasteiger partial charge in [-0.05, 0) is 29.6 Å². The number of halogens is 1. The molecule has 1 nitrogen and oxygen atoms in total. The molecule has 0 aliphatic rings. The van der Waals surface area contributed by atoms with Gasteiger partial charge in [0.05, 0.1) is 7.11 Å². The topological polar surface area (TPSA) is 9.23 Å². The van der Waals surface area contributed by atoms with Gasteiger partial charge in [0.25, 0.3) is 0 Å². The maximum Gasteiger partial charge on any atom is 0.127 e. The summed E-state index contributed by atoms with van der Waals surface area (Å²) in [7, 11) is 1.59. The van der Waals surface area contributed by atoms with Crippen molar-refractivity contribution in [3.05, 3.63) is 41.5 Å². The molecule has 0 N–H and O–H groups in total. The van der Waals surface area contributed by atoms with Gasteiger partial charge in [0.2, 0.25) is 0 Å². The third-order valence-corrected chi connectivity index (χ3v) is 2.85. The number of hydrogen-bond donors (Lipinski definition) is 0. The Bertz CT molecular complexity index is 423. The predicted molar refractivity (Wildman–Crippen MR) is 56.3 cm³/mol. The van der Waals surface area contributed by atoms with Crippen molar-refractivity contribution in [1.29, 1.82) is 0 Å². The summed E-state index contributed by atoms with van der Waals surface area (Å²) in [6.45, 7) is 0. The number of methoxy groups -OCH3 is 1. The Morgan fingerprint density at radius 2 is 2.14 bits per heavy atom. The van der Waals surface area contributed by atoms with Gasteiger partial charge >= 0.3 is 0 Å². The highest BCUT2D eigenvalue weighted by molar-refractivity contribution is 7.13. The molecule has 3 heteroatoms. The van der Waals surface area contributed by atoms with Crippen LogP contribution in [-0.4, -0.2) is 7.11 Å². The molecule has 0 atom stereocenters. The summed E-state index contributed by atoms with van der Waals surface area (Å²) in [6.07, 6.45) is 0. The molecule has 0 unspecified atom stereocenters. The van der Waals surface area contributed by atoms with Crippen LogP contribution in [-0.2, 0) is 0 Å². The van der Waals surface area contributed by atoms with Crippen LogP contribution < -0.4 is 4.74 Å². The lowest BCUT2D eigenvalue weighted by Crippen LogP contribution is -1.87. The molecule has 1 aromatic heterocycles. The lowest BCUT2D eigenvalue weighted by Gasteiger charge is -2.05. The van der Waals surface area contributed by atoms with E-state index in [1.165, 1.54) is 12.1 Å². The van der Waals surface area contributed by atoms with Crippen molar-refractivity contribution in [3.63, 3.8) is 0 Å². The first-order chi connectivity index (χ1) is 6.81. The first-order valence-electron chi connectivity index (χ1n) is 4.18. The van der Waals surface area contributed by atoms with Crippen molar-refractivity contribution in [2.45, 2.75) is 0 Å². The molecule has 0 aliphatic carbocycles. The highest BCUT2D eigenvalue weighted by Crippen LogP contribution is 2.33. The molecule has 0 spiro atoms. The van der Waals surface area contributed by atoms with E-state index in [4.69, 9.17) is 4.74 Å². The SMILES string of the molecule is COc1ccc(F)cc1-c1cccs1. The van der Waals surface area contributed by atoms with Gasteiger partial charge < -0.3 is 4.74 Å². The van der Waals surface area contributed by atoms with Crippen molar-refractivity contribution in [2.24, 2.45) is 0 Å². The Morgan fingerprint density at radius 3 is 2.79 bits per heavy atom. The molecular weight excluding hydrogens is 199 g/mol. The van der Waals surface area contributed by atoms with Crippen LogP contribution >= 0.6 is 11.3 Å². The van der Waals surface area contributed by atoms with Crippen LogP contribution in [0.2, 0.25) is 0 Å². The van der Waals surface area contributed by atoms with E-state index in [0.29, 0.717) is 5.75 Å². The molecule has 0 saturated carbocycles. The van der Waals surface area contributed by atoms with Crippen LogP contribution in [0.3, 0.4) is 0 Å². The summed E-state index contributed by atoms with van der Waals surface area (Å²) >= 11 is 1.57. The predicted octanol–water partition coefficient (Wildman–Crippen LogP) is 3.56. The van der Waals surface area contributed by atoms with Crippen molar-refractivity contribution in [2.75, 3.05) is 7.11 Å². The standard InChI is InChI=1S/C11H9FOS/c1-13-10-5-4-8(12)7-9(10)11-3-2-6-14-11/h2-7H,1H3. The quantitative estimate of drug-likeness (QED) is 0.733. The second-order valence-electron chi connectivity index (χ2n) is 2.82. The largest absolute Gasteiger partial charge is 0.496 e. The summed E-state index contributed by atoms with van der Waals surface area (Å²) in [4.78, 5) is 1.02. The zero-order valence-electron chi connectivity index (χ0n) is 7.66. The fourth-order valence-electron chi connectivity index (χ4n) is 1.30. The minimum atomic E-state index is -0.241. The Labute approximate surface area is 85.8 Å². The second-order valence-corrected chi connectivity index (χ2v) is 3.77. The molecule has 2 rings (SSSR count). The van der Waals surface area contributed by atoms with Crippen molar-refractivity contribution in [3.8, 4) is 16.2 Å². The third kappa shape index (κ3) is 1.63. The molecule has 14 heavy (non-hydrogen) atoms. The van der Waals surface area contributed by atoms with E-state index in [0.717, 1.165) is 10.4 Å². The summed E-state index contributed by atoms with van der Waals surface area (Å²) in [5.74, 6) is 0.461. The maximum absolute atomic E-state index is 13.0. The fraction of sp³-hybridized carbons (Fsp3) is 0.0909. The minimum absolute atomic E-state index is 0.241. The van der Waals surface area contributed by atoms with Gasteiger partial charge in [-0.2, -0.15) is 0 Å². The van der Waals surface area contributed by atoms with Gasteiger partial charge in [0.1, 0.15) is 11.6 Å². The van der Waals surface area contributed by atoms with Crippen LogP contribution in [0.1, 0.15) is 0 Å². The zero-order chi connectivity index (χ0) is 9.97. The molecule has 0 saturated heterocycles. The summed E-state index contributed by atoms with van der Waals surface area (Å²) in [5.41, 5.74) is 0.808. The normalized spacial score (nSPS) is 10.1. The number of benzene rings is 1. The molecule has 0 radical (unpaired) electrons. The monoisotopic (exact) mass is 208 g/mol. The number of rotatable bonds is 2. The van der Waals surface area contributed by atoms with Gasteiger partial charge in [-0.1, -0.05) is 6.07 Å². The van der Waals surface area contributed by atoms with E-state index in [9.17, 15) is 4.39 Å². The van der Waals surface area contributed by atoms with Gasteiger partial charge in [0, 0.05) is 10.4 Å². The molecule has 0 fully saturated rings. The Hall–Kier alpha value is -1.35. The molecule has 72 valence electrons. The van der Waals surface area contributed by atoms with E-state index in [2.05, 4.69) is 0 Å². The molecule has 0 amide bonds. The lowest BCUT2D eigenvalue weighted by molar-refractivity contribution is 0.415. The maximum atomic E-state index is 13.0. The Balaban J connectivity index is 2.55. The Kier molecular flexibility index (Phi) is 2.50. The second kappa shape index (κ2) is 3.80. The van der Waals surface area contributed by atoms with E-state index < -0.39 is 0 Å². The first kappa shape index (κ1) is 9.21. The van der Waals surface area contributed by atoms with Crippen LogP contribution in [0.5, 0.6) is 5.75 Å². The van der Waals surface area contributed by atoms with Crippen molar-refractivity contribution in [1.82, 2.24) is 0 Å². The van der Waals surface area contributed by atoms with Gasteiger partial charge in [-0.3, -0.25) is 0 Å². The minimum Gasteiger partial charge on any atom is -0.496 e. The van der Waals surface area contributed by atoms with Gasteiger partial charge in [-0.15, -0.1) is 11.3 Å². The number of thiophene rings is 1. The number of hydrogen-bond acceptors (Lipinski definition) is 2. The molecule has 0 bridgehead atoms.